The molecule has 82 valence electrons. The molecule has 0 fully saturated rings. The Bertz CT molecular complexity index is 469. The molecule has 0 aliphatic rings. The Hall–Kier alpha value is -0.800. The third-order valence-corrected chi connectivity index (χ3v) is 4.30. The highest BCUT2D eigenvalue weighted by molar-refractivity contribution is 9.13. The van der Waals surface area contributed by atoms with Gasteiger partial charge in [0.25, 0.3) is 0 Å². The van der Waals surface area contributed by atoms with Gasteiger partial charge in [0.1, 0.15) is 12.4 Å². The van der Waals surface area contributed by atoms with Crippen molar-refractivity contribution < 1.29 is 4.74 Å². The maximum absolute atomic E-state index is 5.68. The average molecular weight is 342 g/mol. The molecule has 2 aromatic carbocycles. The van der Waals surface area contributed by atoms with E-state index in [2.05, 4.69) is 31.9 Å². The summed E-state index contributed by atoms with van der Waals surface area (Å²) in [7, 11) is 0. The Labute approximate surface area is 112 Å². The smallest absolute Gasteiger partial charge is 0.119 e. The molecule has 1 nitrogen and oxygen atoms in total. The number of benzene rings is 2. The van der Waals surface area contributed by atoms with E-state index in [9.17, 15) is 0 Å². The lowest BCUT2D eigenvalue weighted by atomic mass is 10.2. The van der Waals surface area contributed by atoms with Crippen molar-refractivity contribution in [3.63, 3.8) is 0 Å². The minimum Gasteiger partial charge on any atom is -0.489 e. The summed E-state index contributed by atoms with van der Waals surface area (Å²) >= 11 is 7.00. The van der Waals surface area contributed by atoms with E-state index >= 15 is 0 Å². The fraction of sp³-hybridized carbons (Fsp3) is 0.0769. The average Bonchev–Trinajstić information content (AvgIpc) is 2.32. The number of rotatable bonds is 3. The van der Waals surface area contributed by atoms with Crippen LogP contribution in [0.25, 0.3) is 0 Å². The standard InChI is InChI=1S/C13H10Br2O/c14-12-8-4-5-10(13(12)15)9-16-11-6-2-1-3-7-11/h1-8H,9H2. The van der Waals surface area contributed by atoms with Crippen LogP contribution < -0.4 is 4.74 Å². The molecular formula is C13H10Br2O. The van der Waals surface area contributed by atoms with Gasteiger partial charge in [-0.3, -0.25) is 0 Å². The summed E-state index contributed by atoms with van der Waals surface area (Å²) < 4.78 is 7.77. The first-order valence-electron chi connectivity index (χ1n) is 4.88. The second kappa shape index (κ2) is 5.51. The molecule has 0 spiro atoms. The lowest BCUT2D eigenvalue weighted by Gasteiger charge is -2.08. The van der Waals surface area contributed by atoms with Crippen molar-refractivity contribution in [2.45, 2.75) is 6.61 Å². The van der Waals surface area contributed by atoms with Crippen LogP contribution in [0.3, 0.4) is 0 Å². The van der Waals surface area contributed by atoms with Crippen LogP contribution in [0, 0.1) is 0 Å². The highest BCUT2D eigenvalue weighted by atomic mass is 79.9. The van der Waals surface area contributed by atoms with E-state index < -0.39 is 0 Å². The number of ether oxygens (including phenoxy) is 1. The first kappa shape index (κ1) is 11.7. The van der Waals surface area contributed by atoms with E-state index in [0.29, 0.717) is 6.61 Å². The Morgan fingerprint density at radius 3 is 2.38 bits per heavy atom. The summed E-state index contributed by atoms with van der Waals surface area (Å²) in [6, 6.07) is 15.8. The fourth-order valence-corrected chi connectivity index (χ4v) is 2.12. The van der Waals surface area contributed by atoms with Gasteiger partial charge in [0.15, 0.2) is 0 Å². The SMILES string of the molecule is Brc1cccc(COc2ccccc2)c1Br. The van der Waals surface area contributed by atoms with Crippen molar-refractivity contribution in [2.75, 3.05) is 0 Å². The van der Waals surface area contributed by atoms with Crippen molar-refractivity contribution in [3.8, 4) is 5.75 Å². The van der Waals surface area contributed by atoms with Gasteiger partial charge in [-0.1, -0.05) is 30.3 Å². The maximum atomic E-state index is 5.68. The Kier molecular flexibility index (Phi) is 4.02. The van der Waals surface area contributed by atoms with Gasteiger partial charge in [-0.05, 0) is 50.1 Å². The van der Waals surface area contributed by atoms with Gasteiger partial charge < -0.3 is 4.74 Å². The number of hydrogen-bond donors (Lipinski definition) is 0. The van der Waals surface area contributed by atoms with Crippen LogP contribution in [-0.4, -0.2) is 0 Å². The van der Waals surface area contributed by atoms with Gasteiger partial charge in [-0.15, -0.1) is 0 Å². The third-order valence-electron chi connectivity index (χ3n) is 2.17. The topological polar surface area (TPSA) is 9.23 Å². The molecule has 0 unspecified atom stereocenters. The van der Waals surface area contributed by atoms with Gasteiger partial charge in [-0.2, -0.15) is 0 Å². The molecule has 0 amide bonds. The zero-order valence-electron chi connectivity index (χ0n) is 8.49. The van der Waals surface area contributed by atoms with Crippen LogP contribution >= 0.6 is 31.9 Å². The van der Waals surface area contributed by atoms with E-state index in [1.165, 1.54) is 0 Å². The monoisotopic (exact) mass is 340 g/mol. The highest BCUT2D eigenvalue weighted by Crippen LogP contribution is 2.27. The molecule has 0 aliphatic heterocycles. The van der Waals surface area contributed by atoms with Gasteiger partial charge >= 0.3 is 0 Å². The van der Waals surface area contributed by atoms with E-state index in [-0.39, 0.29) is 0 Å². The van der Waals surface area contributed by atoms with Crippen LogP contribution in [0.5, 0.6) is 5.75 Å². The van der Waals surface area contributed by atoms with Crippen LogP contribution in [0.2, 0.25) is 0 Å². The third kappa shape index (κ3) is 2.86. The minimum absolute atomic E-state index is 0.560. The zero-order valence-corrected chi connectivity index (χ0v) is 11.7. The van der Waals surface area contributed by atoms with Crippen LogP contribution in [0.1, 0.15) is 5.56 Å². The van der Waals surface area contributed by atoms with Gasteiger partial charge in [0.2, 0.25) is 0 Å². The molecule has 0 saturated carbocycles. The summed E-state index contributed by atoms with van der Waals surface area (Å²) in [4.78, 5) is 0. The molecule has 16 heavy (non-hydrogen) atoms. The Morgan fingerprint density at radius 2 is 1.62 bits per heavy atom. The van der Waals surface area contributed by atoms with Crippen molar-refractivity contribution in [3.05, 3.63) is 63.0 Å². The molecule has 3 heteroatoms. The molecule has 0 heterocycles. The molecule has 0 radical (unpaired) electrons. The molecule has 2 rings (SSSR count). The lowest BCUT2D eigenvalue weighted by Crippen LogP contribution is -1.96. The van der Waals surface area contributed by atoms with Crippen molar-refractivity contribution in [1.82, 2.24) is 0 Å². The Balaban J connectivity index is 2.08. The molecule has 0 atom stereocenters. The molecule has 2 aromatic rings. The molecule has 0 bridgehead atoms. The first-order chi connectivity index (χ1) is 7.77. The maximum Gasteiger partial charge on any atom is 0.119 e. The quantitative estimate of drug-likeness (QED) is 0.779. The molecular weight excluding hydrogens is 332 g/mol. The van der Waals surface area contributed by atoms with E-state index in [4.69, 9.17) is 4.74 Å². The fourth-order valence-electron chi connectivity index (χ4n) is 1.34. The first-order valence-corrected chi connectivity index (χ1v) is 6.47. The number of hydrogen-bond acceptors (Lipinski definition) is 1. The normalized spacial score (nSPS) is 10.1. The molecule has 0 aliphatic carbocycles. The van der Waals surface area contributed by atoms with Gasteiger partial charge in [-0.25, -0.2) is 0 Å². The van der Waals surface area contributed by atoms with Crippen LogP contribution in [0.15, 0.2) is 57.5 Å². The molecule has 0 N–H and O–H groups in total. The van der Waals surface area contributed by atoms with E-state index in [0.717, 1.165) is 20.3 Å². The summed E-state index contributed by atoms with van der Waals surface area (Å²) in [5.74, 6) is 0.884. The largest absolute Gasteiger partial charge is 0.489 e. The molecule has 0 aromatic heterocycles. The van der Waals surface area contributed by atoms with Crippen molar-refractivity contribution in [1.29, 1.82) is 0 Å². The predicted molar refractivity (Wildman–Crippen MR) is 72.6 cm³/mol. The van der Waals surface area contributed by atoms with Crippen LogP contribution in [-0.2, 0) is 6.61 Å². The summed E-state index contributed by atoms with van der Waals surface area (Å²) in [6.07, 6.45) is 0. The number of para-hydroxylation sites is 1. The molecule has 0 saturated heterocycles. The lowest BCUT2D eigenvalue weighted by molar-refractivity contribution is 0.305. The second-order valence-electron chi connectivity index (χ2n) is 3.31. The van der Waals surface area contributed by atoms with Crippen LogP contribution in [0.4, 0.5) is 0 Å². The predicted octanol–water partition coefficient (Wildman–Crippen LogP) is 4.79. The zero-order chi connectivity index (χ0) is 11.4. The summed E-state index contributed by atoms with van der Waals surface area (Å²) in [5, 5.41) is 0. The second-order valence-corrected chi connectivity index (χ2v) is 4.96. The van der Waals surface area contributed by atoms with E-state index in [1.54, 1.807) is 0 Å². The van der Waals surface area contributed by atoms with Gasteiger partial charge in [0.05, 0.1) is 0 Å². The number of halogens is 2. The highest BCUT2D eigenvalue weighted by Gasteiger charge is 2.03. The summed E-state index contributed by atoms with van der Waals surface area (Å²) in [5.41, 5.74) is 1.12. The Morgan fingerprint density at radius 1 is 0.875 bits per heavy atom. The van der Waals surface area contributed by atoms with Gasteiger partial charge in [0, 0.05) is 14.5 Å². The van der Waals surface area contributed by atoms with Crippen molar-refractivity contribution in [2.24, 2.45) is 0 Å². The van der Waals surface area contributed by atoms with E-state index in [1.807, 2.05) is 48.5 Å². The summed E-state index contributed by atoms with van der Waals surface area (Å²) in [6.45, 7) is 0.560. The van der Waals surface area contributed by atoms with Crippen molar-refractivity contribution >= 4 is 31.9 Å². The minimum atomic E-state index is 0.560.